The first-order valence-corrected chi connectivity index (χ1v) is 4.67. The lowest BCUT2D eigenvalue weighted by atomic mass is 10.1. The number of anilines is 1. The highest BCUT2D eigenvalue weighted by Gasteiger charge is 2.10. The maximum absolute atomic E-state index is 11.7. The van der Waals surface area contributed by atoms with Crippen molar-refractivity contribution in [2.75, 3.05) is 33.6 Å². The smallest absolute Gasteiger partial charge is 0.253 e. The molecule has 0 fully saturated rings. The van der Waals surface area contributed by atoms with Crippen molar-refractivity contribution in [3.63, 3.8) is 0 Å². The van der Waals surface area contributed by atoms with Gasteiger partial charge < -0.3 is 15.0 Å². The van der Waals surface area contributed by atoms with E-state index in [9.17, 15) is 4.79 Å². The summed E-state index contributed by atoms with van der Waals surface area (Å²) in [6.45, 7) is 0. The van der Waals surface area contributed by atoms with Crippen LogP contribution in [0, 0.1) is 0 Å². The van der Waals surface area contributed by atoms with Gasteiger partial charge in [-0.2, -0.15) is 0 Å². The first kappa shape index (κ1) is 11.4. The fraction of sp³-hybridized carbons (Fsp3) is 0.364. The molecule has 0 heterocycles. The summed E-state index contributed by atoms with van der Waals surface area (Å²) in [4.78, 5) is 13.2. The highest BCUT2D eigenvalue weighted by molar-refractivity contribution is 5.95. The Morgan fingerprint density at radius 1 is 1.40 bits per heavy atom. The molecule has 0 saturated carbocycles. The van der Waals surface area contributed by atoms with Gasteiger partial charge in [0.15, 0.2) is 0 Å². The summed E-state index contributed by atoms with van der Waals surface area (Å²) in [5.74, 6) is 0.710. The highest BCUT2D eigenvalue weighted by atomic mass is 16.5. The molecule has 0 radical (unpaired) electrons. The molecule has 0 aliphatic rings. The Morgan fingerprint density at radius 2 is 2.07 bits per heavy atom. The number of carbonyl (C=O) groups is 1. The van der Waals surface area contributed by atoms with Crippen LogP contribution in [0.15, 0.2) is 18.2 Å². The Labute approximate surface area is 89.8 Å². The van der Waals surface area contributed by atoms with Crippen molar-refractivity contribution in [2.45, 2.75) is 0 Å². The molecule has 1 N–H and O–H groups in total. The van der Waals surface area contributed by atoms with Gasteiger partial charge in [-0.25, -0.2) is 0 Å². The van der Waals surface area contributed by atoms with Crippen LogP contribution in [0.5, 0.6) is 5.75 Å². The second kappa shape index (κ2) is 4.68. The topological polar surface area (TPSA) is 41.6 Å². The zero-order valence-electron chi connectivity index (χ0n) is 9.50. The van der Waals surface area contributed by atoms with Crippen LogP contribution in [0.3, 0.4) is 0 Å². The lowest BCUT2D eigenvalue weighted by Gasteiger charge is -2.13. The van der Waals surface area contributed by atoms with E-state index >= 15 is 0 Å². The van der Waals surface area contributed by atoms with Crippen molar-refractivity contribution in [2.24, 2.45) is 0 Å². The second-order valence-corrected chi connectivity index (χ2v) is 3.36. The monoisotopic (exact) mass is 208 g/mol. The largest absolute Gasteiger partial charge is 0.495 e. The minimum Gasteiger partial charge on any atom is -0.495 e. The van der Waals surface area contributed by atoms with E-state index in [2.05, 4.69) is 5.32 Å². The lowest BCUT2D eigenvalue weighted by molar-refractivity contribution is 0.0827. The molecular weight excluding hydrogens is 192 g/mol. The van der Waals surface area contributed by atoms with E-state index in [1.807, 2.05) is 0 Å². The number of benzene rings is 1. The second-order valence-electron chi connectivity index (χ2n) is 3.36. The quantitative estimate of drug-likeness (QED) is 0.817. The average molecular weight is 208 g/mol. The van der Waals surface area contributed by atoms with Crippen LogP contribution in [-0.4, -0.2) is 39.1 Å². The van der Waals surface area contributed by atoms with Gasteiger partial charge in [-0.15, -0.1) is 0 Å². The zero-order chi connectivity index (χ0) is 11.4. The van der Waals surface area contributed by atoms with Crippen molar-refractivity contribution < 1.29 is 9.53 Å². The molecular formula is C11H16N2O2. The molecule has 0 aliphatic carbocycles. The summed E-state index contributed by atoms with van der Waals surface area (Å²) in [6.07, 6.45) is 0. The van der Waals surface area contributed by atoms with Crippen molar-refractivity contribution in [3.05, 3.63) is 23.8 Å². The molecule has 1 aromatic carbocycles. The van der Waals surface area contributed by atoms with Crippen LogP contribution in [0.2, 0.25) is 0 Å². The van der Waals surface area contributed by atoms with Gasteiger partial charge in [-0.3, -0.25) is 4.79 Å². The van der Waals surface area contributed by atoms with Crippen LogP contribution in [-0.2, 0) is 0 Å². The molecule has 1 amide bonds. The van der Waals surface area contributed by atoms with E-state index in [4.69, 9.17) is 4.74 Å². The van der Waals surface area contributed by atoms with Crippen molar-refractivity contribution in [1.29, 1.82) is 0 Å². The third-order valence-corrected chi connectivity index (χ3v) is 2.12. The average Bonchev–Trinajstić information content (AvgIpc) is 2.26. The standard InChI is InChI=1S/C11H16N2O2/c1-12-9-7-8(11(14)13(2)3)5-6-10(9)15-4/h5-7,12H,1-4H3. The molecule has 4 heteroatoms. The normalized spacial score (nSPS) is 9.60. The minimum atomic E-state index is -0.0193. The van der Waals surface area contributed by atoms with Crippen LogP contribution >= 0.6 is 0 Å². The van der Waals surface area contributed by atoms with Crippen molar-refractivity contribution in [3.8, 4) is 5.75 Å². The first-order valence-electron chi connectivity index (χ1n) is 4.67. The molecule has 0 spiro atoms. The molecule has 0 saturated heterocycles. The number of nitrogens with zero attached hydrogens (tertiary/aromatic N) is 1. The number of amides is 1. The molecule has 4 nitrogen and oxygen atoms in total. The molecule has 1 rings (SSSR count). The Morgan fingerprint density at radius 3 is 2.53 bits per heavy atom. The van der Waals surface area contributed by atoms with Crippen LogP contribution < -0.4 is 10.1 Å². The fourth-order valence-electron chi connectivity index (χ4n) is 1.29. The van der Waals surface area contributed by atoms with Crippen LogP contribution in [0.25, 0.3) is 0 Å². The van der Waals surface area contributed by atoms with Gasteiger partial charge in [0.05, 0.1) is 12.8 Å². The Balaban J connectivity index is 3.08. The molecule has 0 aromatic heterocycles. The lowest BCUT2D eigenvalue weighted by Crippen LogP contribution is -2.21. The maximum atomic E-state index is 11.7. The number of nitrogens with one attached hydrogen (secondary N) is 1. The van der Waals surface area contributed by atoms with Crippen LogP contribution in [0.1, 0.15) is 10.4 Å². The van der Waals surface area contributed by atoms with E-state index in [1.165, 1.54) is 0 Å². The predicted molar refractivity (Wildman–Crippen MR) is 60.6 cm³/mol. The van der Waals surface area contributed by atoms with Gasteiger partial charge >= 0.3 is 0 Å². The Hall–Kier alpha value is -1.71. The third kappa shape index (κ3) is 2.40. The molecule has 0 bridgehead atoms. The van der Waals surface area contributed by atoms with Crippen molar-refractivity contribution >= 4 is 11.6 Å². The van der Waals surface area contributed by atoms with Crippen molar-refractivity contribution in [1.82, 2.24) is 4.90 Å². The SMILES string of the molecule is CNc1cc(C(=O)N(C)C)ccc1OC. The van der Waals surface area contributed by atoms with E-state index < -0.39 is 0 Å². The summed E-state index contributed by atoms with van der Waals surface area (Å²) in [6, 6.07) is 5.31. The van der Waals surface area contributed by atoms with E-state index in [0.717, 1.165) is 11.4 Å². The highest BCUT2D eigenvalue weighted by Crippen LogP contribution is 2.25. The Bertz CT molecular complexity index is 362. The minimum absolute atomic E-state index is 0.0193. The third-order valence-electron chi connectivity index (χ3n) is 2.12. The van der Waals surface area contributed by atoms with Gasteiger partial charge in [-0.1, -0.05) is 0 Å². The van der Waals surface area contributed by atoms with Gasteiger partial charge in [0.2, 0.25) is 0 Å². The number of ether oxygens (including phenoxy) is 1. The number of hydrogen-bond acceptors (Lipinski definition) is 3. The summed E-state index contributed by atoms with van der Waals surface area (Å²) in [5, 5.41) is 2.98. The summed E-state index contributed by atoms with van der Waals surface area (Å²) in [5.41, 5.74) is 1.45. The van der Waals surface area contributed by atoms with E-state index in [1.54, 1.807) is 51.4 Å². The number of carbonyl (C=O) groups excluding carboxylic acids is 1. The van der Waals surface area contributed by atoms with E-state index in [0.29, 0.717) is 5.56 Å². The number of methoxy groups -OCH3 is 1. The molecule has 0 aliphatic heterocycles. The Kier molecular flexibility index (Phi) is 3.55. The first-order chi connectivity index (χ1) is 7.10. The summed E-state index contributed by atoms with van der Waals surface area (Å²) >= 11 is 0. The zero-order valence-corrected chi connectivity index (χ0v) is 9.50. The fourth-order valence-corrected chi connectivity index (χ4v) is 1.29. The summed E-state index contributed by atoms with van der Waals surface area (Å²) in [7, 11) is 6.85. The molecule has 0 unspecified atom stereocenters. The summed E-state index contributed by atoms with van der Waals surface area (Å²) < 4.78 is 5.14. The number of hydrogen-bond donors (Lipinski definition) is 1. The van der Waals surface area contributed by atoms with Gasteiger partial charge in [0, 0.05) is 26.7 Å². The molecule has 0 atom stereocenters. The van der Waals surface area contributed by atoms with Gasteiger partial charge in [-0.05, 0) is 18.2 Å². The molecule has 15 heavy (non-hydrogen) atoms. The number of rotatable bonds is 3. The van der Waals surface area contributed by atoms with Gasteiger partial charge in [0.1, 0.15) is 5.75 Å². The predicted octanol–water partition coefficient (Wildman–Crippen LogP) is 1.44. The maximum Gasteiger partial charge on any atom is 0.253 e. The molecule has 82 valence electrons. The van der Waals surface area contributed by atoms with Gasteiger partial charge in [0.25, 0.3) is 5.91 Å². The van der Waals surface area contributed by atoms with E-state index in [-0.39, 0.29) is 5.91 Å². The van der Waals surface area contributed by atoms with Crippen LogP contribution in [0.4, 0.5) is 5.69 Å². The molecule has 1 aromatic rings.